The van der Waals surface area contributed by atoms with Crippen LogP contribution in [0.15, 0.2) is 73.1 Å². The number of ether oxygens (including phenoxy) is 1. The van der Waals surface area contributed by atoms with Gasteiger partial charge in [0.2, 0.25) is 11.9 Å². The van der Waals surface area contributed by atoms with Gasteiger partial charge in [-0.25, -0.2) is 14.8 Å². The van der Waals surface area contributed by atoms with E-state index >= 15 is 0 Å². The number of halogens is 1. The fourth-order valence-electron chi connectivity index (χ4n) is 5.45. The number of aromatic amines is 1. The Bertz CT molecular complexity index is 1690. The number of rotatable bonds is 9. The molecule has 0 radical (unpaired) electrons. The number of para-hydroxylation sites is 1. The number of amides is 2. The van der Waals surface area contributed by atoms with Crippen LogP contribution in [0.4, 0.5) is 16.4 Å². The smallest absolute Gasteiger partial charge is 0.410 e. The van der Waals surface area contributed by atoms with Crippen LogP contribution >= 0.6 is 11.6 Å². The summed E-state index contributed by atoms with van der Waals surface area (Å²) in [5, 5.41) is 4.76. The molecule has 0 bridgehead atoms. The predicted molar refractivity (Wildman–Crippen MR) is 183 cm³/mol. The van der Waals surface area contributed by atoms with Crippen molar-refractivity contribution in [2.45, 2.75) is 51.8 Å². The number of hydrogen-bond donors (Lipinski definition) is 2. The minimum absolute atomic E-state index is 0.0385. The predicted octanol–water partition coefficient (Wildman–Crippen LogP) is 6.87. The molecular weight excluding hydrogens is 602 g/mol. The molecule has 2 aromatic carbocycles. The molecule has 1 aliphatic heterocycles. The first kappa shape index (κ1) is 33.0. The number of H-pyrrole nitrogens is 1. The highest BCUT2D eigenvalue weighted by atomic mass is 35.5. The number of benzene rings is 2. The highest BCUT2D eigenvalue weighted by Gasteiger charge is 2.33. The van der Waals surface area contributed by atoms with Gasteiger partial charge < -0.3 is 24.8 Å². The van der Waals surface area contributed by atoms with Gasteiger partial charge in [0.25, 0.3) is 0 Å². The van der Waals surface area contributed by atoms with Crippen LogP contribution in [0.2, 0.25) is 5.02 Å². The Balaban J connectivity index is 1.30. The zero-order chi connectivity index (χ0) is 32.8. The monoisotopic (exact) mass is 643 g/mol. The summed E-state index contributed by atoms with van der Waals surface area (Å²) in [7, 11) is 3.92. The van der Waals surface area contributed by atoms with E-state index in [0.29, 0.717) is 42.8 Å². The molecule has 2 N–H and O–H groups in total. The second kappa shape index (κ2) is 14.3. The molecule has 0 spiro atoms. The van der Waals surface area contributed by atoms with E-state index in [9.17, 15) is 9.59 Å². The molecule has 5 rings (SSSR count). The first-order valence-electron chi connectivity index (χ1n) is 15.5. The van der Waals surface area contributed by atoms with Crippen LogP contribution in [-0.2, 0) is 16.1 Å². The molecule has 1 atom stereocenters. The minimum Gasteiger partial charge on any atom is -0.444 e. The van der Waals surface area contributed by atoms with Gasteiger partial charge in [0.1, 0.15) is 5.60 Å². The van der Waals surface area contributed by atoms with Crippen LogP contribution in [0.3, 0.4) is 0 Å². The van der Waals surface area contributed by atoms with Crippen molar-refractivity contribution in [1.29, 1.82) is 0 Å². The number of nitrogens with zero attached hydrogens (tertiary/aromatic N) is 5. The molecule has 1 aliphatic rings. The van der Waals surface area contributed by atoms with Crippen molar-refractivity contribution in [3.8, 4) is 11.3 Å². The van der Waals surface area contributed by atoms with Crippen molar-refractivity contribution in [2.75, 3.05) is 39.0 Å². The number of piperidine rings is 1. The normalized spacial score (nSPS) is 15.5. The molecule has 11 heteroatoms. The Kier molecular flexibility index (Phi) is 10.3. The van der Waals surface area contributed by atoms with Crippen molar-refractivity contribution in [2.24, 2.45) is 0 Å². The van der Waals surface area contributed by atoms with Crippen LogP contribution in [0.5, 0.6) is 0 Å². The van der Waals surface area contributed by atoms with E-state index in [-0.39, 0.29) is 11.9 Å². The topological polar surface area (TPSA) is 107 Å². The fraction of sp³-hybridized carbons (Fsp3) is 0.371. The molecular formula is C35H42ClN7O3. The first-order chi connectivity index (χ1) is 22.0. The molecule has 46 heavy (non-hydrogen) atoms. The number of aromatic nitrogens is 3. The quantitative estimate of drug-likeness (QED) is 0.192. The Hall–Kier alpha value is -4.41. The van der Waals surface area contributed by atoms with Gasteiger partial charge in [-0.3, -0.25) is 9.69 Å². The number of hydrogen-bond acceptors (Lipinski definition) is 7. The molecule has 1 saturated heterocycles. The molecule has 242 valence electrons. The number of fused-ring (bicyclic) bond motifs is 1. The third-order valence-electron chi connectivity index (χ3n) is 7.66. The lowest BCUT2D eigenvalue weighted by Gasteiger charge is -2.39. The van der Waals surface area contributed by atoms with Crippen LogP contribution in [0.25, 0.3) is 22.2 Å². The summed E-state index contributed by atoms with van der Waals surface area (Å²) in [5.41, 5.74) is 3.61. The van der Waals surface area contributed by atoms with E-state index in [1.807, 2.05) is 105 Å². The maximum Gasteiger partial charge on any atom is 0.410 e. The second-order valence-corrected chi connectivity index (χ2v) is 13.2. The van der Waals surface area contributed by atoms with Crippen molar-refractivity contribution < 1.29 is 14.3 Å². The zero-order valence-corrected chi connectivity index (χ0v) is 27.8. The van der Waals surface area contributed by atoms with Crippen LogP contribution in [-0.4, -0.2) is 87.0 Å². The minimum atomic E-state index is -0.647. The first-order valence-corrected chi connectivity index (χ1v) is 15.9. The largest absolute Gasteiger partial charge is 0.444 e. The standard InChI is InChI=1S/C35H42ClN7O3/c1-35(2,3)46-34(45)43(26-10-8-19-42(23-26)31(44)13-9-18-41(4)5)22-24-14-16-25(17-15-24)39-33-38-21-29(36)32(40-33)28-20-37-30-12-7-6-11-27(28)30/h6-7,9,11-17,20-21,26,37H,8,10,18-19,22-23H2,1-5H3,(H,38,39,40). The maximum absolute atomic E-state index is 13.5. The summed E-state index contributed by atoms with van der Waals surface area (Å²) in [5.74, 6) is 0.378. The van der Waals surface area contributed by atoms with Gasteiger partial charge in [-0.2, -0.15) is 0 Å². The number of nitrogens with one attached hydrogen (secondary N) is 2. The lowest BCUT2D eigenvalue weighted by Crippen LogP contribution is -2.52. The fourth-order valence-corrected chi connectivity index (χ4v) is 5.64. The van der Waals surface area contributed by atoms with Gasteiger partial charge in [-0.1, -0.05) is 48.0 Å². The molecule has 0 aliphatic carbocycles. The van der Waals surface area contributed by atoms with Gasteiger partial charge in [-0.15, -0.1) is 0 Å². The van der Waals surface area contributed by atoms with E-state index < -0.39 is 11.7 Å². The van der Waals surface area contributed by atoms with E-state index in [2.05, 4.69) is 15.3 Å². The second-order valence-electron chi connectivity index (χ2n) is 12.8. The molecule has 0 saturated carbocycles. The summed E-state index contributed by atoms with van der Waals surface area (Å²) in [6, 6.07) is 15.6. The van der Waals surface area contributed by atoms with Crippen molar-refractivity contribution in [1.82, 2.24) is 29.7 Å². The van der Waals surface area contributed by atoms with Gasteiger partial charge in [-0.05, 0) is 71.5 Å². The van der Waals surface area contributed by atoms with Gasteiger partial charge in [0.05, 0.1) is 23.0 Å². The SMILES string of the molecule is CN(C)CC=CC(=O)N1CCCC(N(Cc2ccc(Nc3ncc(Cl)c(-c4c[nH]c5ccccc45)n3)cc2)C(=O)OC(C)(C)C)C1. The Labute approximate surface area is 275 Å². The van der Waals surface area contributed by atoms with Crippen molar-refractivity contribution >= 4 is 46.1 Å². The Morgan fingerprint density at radius 2 is 1.91 bits per heavy atom. The maximum atomic E-state index is 13.5. The summed E-state index contributed by atoms with van der Waals surface area (Å²) in [6.45, 7) is 7.74. The number of carbonyl (C=O) groups excluding carboxylic acids is 2. The Morgan fingerprint density at radius 1 is 1.15 bits per heavy atom. The van der Waals surface area contributed by atoms with Gasteiger partial charge >= 0.3 is 6.09 Å². The average Bonchev–Trinajstić information content (AvgIpc) is 3.44. The highest BCUT2D eigenvalue weighted by Crippen LogP contribution is 2.33. The van der Waals surface area contributed by atoms with Crippen molar-refractivity contribution in [3.63, 3.8) is 0 Å². The van der Waals surface area contributed by atoms with Crippen LogP contribution < -0.4 is 5.32 Å². The molecule has 4 aromatic rings. The lowest BCUT2D eigenvalue weighted by atomic mass is 10.0. The molecule has 10 nitrogen and oxygen atoms in total. The molecule has 1 fully saturated rings. The number of anilines is 2. The number of likely N-dealkylation sites (tertiary alicyclic amines) is 1. The van der Waals surface area contributed by atoms with E-state index in [1.54, 1.807) is 17.2 Å². The zero-order valence-electron chi connectivity index (χ0n) is 27.1. The van der Waals surface area contributed by atoms with E-state index in [1.165, 1.54) is 0 Å². The molecule has 2 amide bonds. The van der Waals surface area contributed by atoms with E-state index in [4.69, 9.17) is 21.3 Å². The lowest BCUT2D eigenvalue weighted by molar-refractivity contribution is -0.128. The summed E-state index contributed by atoms with van der Waals surface area (Å²) in [6.07, 6.45) is 8.19. The molecule has 1 unspecified atom stereocenters. The average molecular weight is 644 g/mol. The van der Waals surface area contributed by atoms with Crippen LogP contribution in [0, 0.1) is 0 Å². The van der Waals surface area contributed by atoms with Crippen LogP contribution in [0.1, 0.15) is 39.2 Å². The molecule has 2 aromatic heterocycles. The summed E-state index contributed by atoms with van der Waals surface area (Å²) >= 11 is 6.51. The number of likely N-dealkylation sites (N-methyl/N-ethyl adjacent to an activating group) is 1. The summed E-state index contributed by atoms with van der Waals surface area (Å²) in [4.78, 5) is 44.3. The highest BCUT2D eigenvalue weighted by molar-refractivity contribution is 6.33. The summed E-state index contributed by atoms with van der Waals surface area (Å²) < 4.78 is 5.82. The van der Waals surface area contributed by atoms with Crippen molar-refractivity contribution in [3.05, 3.63) is 83.7 Å². The van der Waals surface area contributed by atoms with E-state index in [0.717, 1.165) is 40.6 Å². The van der Waals surface area contributed by atoms with Gasteiger partial charge in [0, 0.05) is 60.6 Å². The van der Waals surface area contributed by atoms with Gasteiger partial charge in [0.15, 0.2) is 0 Å². The number of carbonyl (C=O) groups is 2. The third kappa shape index (κ3) is 8.44. The molecule has 3 heterocycles. The third-order valence-corrected chi connectivity index (χ3v) is 7.94. The Morgan fingerprint density at radius 3 is 2.65 bits per heavy atom.